The minimum Gasteiger partial charge on any atom is -0.444 e. The lowest BCUT2D eigenvalue weighted by Crippen LogP contribution is -2.18. The summed E-state index contributed by atoms with van der Waals surface area (Å²) < 4.78 is 5.57. The molecular weight excluding hydrogens is 236 g/mol. The molecule has 0 fully saturated rings. The molecule has 102 valence electrons. The van der Waals surface area contributed by atoms with Gasteiger partial charge >= 0.3 is 0 Å². The molecule has 0 saturated carbocycles. The third-order valence-corrected chi connectivity index (χ3v) is 3.38. The van der Waals surface area contributed by atoms with E-state index in [0.717, 1.165) is 17.3 Å². The van der Waals surface area contributed by atoms with Crippen molar-refractivity contribution in [2.24, 2.45) is 0 Å². The summed E-state index contributed by atoms with van der Waals surface area (Å²) >= 11 is 0. The van der Waals surface area contributed by atoms with E-state index in [9.17, 15) is 0 Å². The van der Waals surface area contributed by atoms with Gasteiger partial charge in [-0.25, -0.2) is 4.98 Å². The molecule has 3 nitrogen and oxygen atoms in total. The predicted molar refractivity (Wildman–Crippen MR) is 77.1 cm³/mol. The first-order valence-electron chi connectivity index (χ1n) is 6.70. The average molecular weight is 258 g/mol. The summed E-state index contributed by atoms with van der Waals surface area (Å²) in [7, 11) is 0. The Hall–Kier alpha value is -1.61. The zero-order valence-electron chi connectivity index (χ0n) is 12.4. The maximum absolute atomic E-state index is 5.57. The standard InChI is InChI=1S/C16H22N2O/c1-10-6-11(2)8-15(7-10)13(4)17-9-16-18-12(3)14(5)19-16/h6-8,13,17H,9H2,1-5H3. The number of oxazole rings is 1. The fraction of sp³-hybridized carbons (Fsp3) is 0.438. The monoisotopic (exact) mass is 258 g/mol. The van der Waals surface area contributed by atoms with E-state index in [1.807, 2.05) is 13.8 Å². The van der Waals surface area contributed by atoms with Crippen LogP contribution in [0.4, 0.5) is 0 Å². The van der Waals surface area contributed by atoms with Crippen molar-refractivity contribution in [1.29, 1.82) is 0 Å². The maximum Gasteiger partial charge on any atom is 0.208 e. The Kier molecular flexibility index (Phi) is 4.05. The molecule has 19 heavy (non-hydrogen) atoms. The van der Waals surface area contributed by atoms with Crippen molar-refractivity contribution in [1.82, 2.24) is 10.3 Å². The van der Waals surface area contributed by atoms with E-state index in [4.69, 9.17) is 4.42 Å². The van der Waals surface area contributed by atoms with E-state index >= 15 is 0 Å². The summed E-state index contributed by atoms with van der Waals surface area (Å²) in [6.45, 7) is 11.0. The summed E-state index contributed by atoms with van der Waals surface area (Å²) in [4.78, 5) is 4.38. The summed E-state index contributed by atoms with van der Waals surface area (Å²) in [5.74, 6) is 1.65. The third-order valence-electron chi connectivity index (χ3n) is 3.38. The van der Waals surface area contributed by atoms with Crippen LogP contribution in [0.15, 0.2) is 22.6 Å². The number of aromatic nitrogens is 1. The van der Waals surface area contributed by atoms with Crippen LogP contribution in [0, 0.1) is 27.7 Å². The minimum absolute atomic E-state index is 0.283. The fourth-order valence-corrected chi connectivity index (χ4v) is 2.23. The number of rotatable bonds is 4. The van der Waals surface area contributed by atoms with E-state index in [2.05, 4.69) is 49.3 Å². The number of hydrogen-bond donors (Lipinski definition) is 1. The molecule has 1 N–H and O–H groups in total. The first kappa shape index (κ1) is 13.8. The summed E-state index contributed by atoms with van der Waals surface area (Å²) in [6.07, 6.45) is 0. The second kappa shape index (κ2) is 5.57. The van der Waals surface area contributed by atoms with Gasteiger partial charge in [0.1, 0.15) is 5.76 Å². The van der Waals surface area contributed by atoms with E-state index in [-0.39, 0.29) is 6.04 Å². The second-order valence-corrected chi connectivity index (χ2v) is 5.27. The van der Waals surface area contributed by atoms with Gasteiger partial charge in [0, 0.05) is 6.04 Å². The Morgan fingerprint density at radius 1 is 1.11 bits per heavy atom. The molecule has 1 aromatic heterocycles. The van der Waals surface area contributed by atoms with Crippen molar-refractivity contribution in [3.05, 3.63) is 52.2 Å². The Labute approximate surface area is 115 Å². The molecule has 1 atom stereocenters. The molecule has 2 aromatic rings. The summed E-state index contributed by atoms with van der Waals surface area (Å²) in [6, 6.07) is 6.91. The highest BCUT2D eigenvalue weighted by atomic mass is 16.4. The quantitative estimate of drug-likeness (QED) is 0.907. The third kappa shape index (κ3) is 3.44. The van der Waals surface area contributed by atoms with Crippen LogP contribution < -0.4 is 5.32 Å². The molecule has 0 aliphatic heterocycles. The van der Waals surface area contributed by atoms with Crippen LogP contribution in [-0.4, -0.2) is 4.98 Å². The second-order valence-electron chi connectivity index (χ2n) is 5.27. The highest BCUT2D eigenvalue weighted by molar-refractivity contribution is 5.30. The summed E-state index contributed by atoms with van der Waals surface area (Å²) in [5, 5.41) is 3.45. The van der Waals surface area contributed by atoms with Crippen molar-refractivity contribution in [3.8, 4) is 0 Å². The topological polar surface area (TPSA) is 38.1 Å². The van der Waals surface area contributed by atoms with Gasteiger partial charge in [-0.2, -0.15) is 0 Å². The summed E-state index contributed by atoms with van der Waals surface area (Å²) in [5.41, 5.74) is 4.87. The van der Waals surface area contributed by atoms with Gasteiger partial charge < -0.3 is 9.73 Å². The lowest BCUT2D eigenvalue weighted by molar-refractivity contribution is 0.432. The highest BCUT2D eigenvalue weighted by Gasteiger charge is 2.09. The van der Waals surface area contributed by atoms with E-state index in [1.165, 1.54) is 16.7 Å². The predicted octanol–water partition coefficient (Wildman–Crippen LogP) is 3.76. The Morgan fingerprint density at radius 2 is 1.74 bits per heavy atom. The van der Waals surface area contributed by atoms with Gasteiger partial charge in [-0.1, -0.05) is 29.3 Å². The minimum atomic E-state index is 0.283. The molecular formula is C16H22N2O. The van der Waals surface area contributed by atoms with Crippen molar-refractivity contribution in [2.45, 2.75) is 47.2 Å². The average Bonchev–Trinajstić information content (AvgIpc) is 2.64. The molecule has 1 unspecified atom stereocenters. The van der Waals surface area contributed by atoms with Crippen LogP contribution in [0.2, 0.25) is 0 Å². The molecule has 0 amide bonds. The molecule has 0 bridgehead atoms. The number of benzene rings is 1. The van der Waals surface area contributed by atoms with E-state index in [1.54, 1.807) is 0 Å². The lowest BCUT2D eigenvalue weighted by atomic mass is 10.0. The van der Waals surface area contributed by atoms with Crippen LogP contribution >= 0.6 is 0 Å². The molecule has 0 aliphatic rings. The highest BCUT2D eigenvalue weighted by Crippen LogP contribution is 2.17. The van der Waals surface area contributed by atoms with Crippen LogP contribution in [0.5, 0.6) is 0 Å². The van der Waals surface area contributed by atoms with Crippen molar-refractivity contribution in [2.75, 3.05) is 0 Å². The lowest BCUT2D eigenvalue weighted by Gasteiger charge is -2.14. The van der Waals surface area contributed by atoms with Crippen LogP contribution in [-0.2, 0) is 6.54 Å². The van der Waals surface area contributed by atoms with Gasteiger partial charge in [0.05, 0.1) is 12.2 Å². The number of hydrogen-bond acceptors (Lipinski definition) is 3. The number of nitrogens with one attached hydrogen (secondary N) is 1. The molecule has 0 radical (unpaired) electrons. The SMILES string of the molecule is Cc1cc(C)cc(C(C)NCc2nc(C)c(C)o2)c1. The van der Waals surface area contributed by atoms with Crippen LogP contribution in [0.25, 0.3) is 0 Å². The van der Waals surface area contributed by atoms with Gasteiger partial charge in [-0.05, 0) is 40.2 Å². The van der Waals surface area contributed by atoms with Gasteiger partial charge in [0.15, 0.2) is 0 Å². The Morgan fingerprint density at radius 3 is 2.26 bits per heavy atom. The van der Waals surface area contributed by atoms with Crippen molar-refractivity contribution >= 4 is 0 Å². The van der Waals surface area contributed by atoms with Gasteiger partial charge in [0.2, 0.25) is 5.89 Å². The van der Waals surface area contributed by atoms with Crippen molar-refractivity contribution in [3.63, 3.8) is 0 Å². The normalized spacial score (nSPS) is 12.7. The molecule has 0 spiro atoms. The van der Waals surface area contributed by atoms with Gasteiger partial charge in [-0.3, -0.25) is 0 Å². The molecule has 0 saturated heterocycles. The zero-order valence-corrected chi connectivity index (χ0v) is 12.4. The fourth-order valence-electron chi connectivity index (χ4n) is 2.23. The number of nitrogens with zero attached hydrogens (tertiary/aromatic N) is 1. The van der Waals surface area contributed by atoms with Crippen LogP contribution in [0.3, 0.4) is 0 Å². The Bertz CT molecular complexity index is 532. The number of aryl methyl sites for hydroxylation is 4. The molecule has 1 heterocycles. The van der Waals surface area contributed by atoms with Crippen molar-refractivity contribution < 1.29 is 4.42 Å². The largest absolute Gasteiger partial charge is 0.444 e. The molecule has 2 rings (SSSR count). The first-order valence-corrected chi connectivity index (χ1v) is 6.70. The van der Waals surface area contributed by atoms with Gasteiger partial charge in [0.25, 0.3) is 0 Å². The maximum atomic E-state index is 5.57. The first-order chi connectivity index (χ1) is 8.95. The van der Waals surface area contributed by atoms with Crippen LogP contribution in [0.1, 0.15) is 47.0 Å². The molecule has 1 aromatic carbocycles. The molecule has 0 aliphatic carbocycles. The van der Waals surface area contributed by atoms with E-state index in [0.29, 0.717) is 6.54 Å². The van der Waals surface area contributed by atoms with Gasteiger partial charge in [-0.15, -0.1) is 0 Å². The molecule has 3 heteroatoms. The Balaban J connectivity index is 2.02. The zero-order chi connectivity index (χ0) is 14.0. The van der Waals surface area contributed by atoms with E-state index < -0.39 is 0 Å². The smallest absolute Gasteiger partial charge is 0.208 e.